The number of fused-ring (bicyclic) bond motifs is 1. The van der Waals surface area contributed by atoms with Gasteiger partial charge in [0.2, 0.25) is 5.91 Å². The van der Waals surface area contributed by atoms with Gasteiger partial charge in [0.1, 0.15) is 6.26 Å². The van der Waals surface area contributed by atoms with E-state index in [1.54, 1.807) is 24.3 Å². The van der Waals surface area contributed by atoms with Crippen LogP contribution in [0.1, 0.15) is 20.9 Å². The fourth-order valence-electron chi connectivity index (χ4n) is 2.98. The quantitative estimate of drug-likeness (QED) is 0.604. The molecule has 0 fully saturated rings. The molecule has 1 aliphatic heterocycles. The second-order valence-electron chi connectivity index (χ2n) is 6.49. The number of hydrogen-bond acceptors (Lipinski definition) is 6. The van der Waals surface area contributed by atoms with Crippen LogP contribution in [-0.2, 0) is 17.8 Å². The van der Waals surface area contributed by atoms with Crippen LogP contribution >= 0.6 is 34.5 Å². The van der Waals surface area contributed by atoms with Crippen LogP contribution in [0.4, 0.5) is 10.8 Å². The molecule has 2 amide bonds. The number of nitrogens with one attached hydrogen (secondary N) is 2. The standard InChI is InChI=1S/C19H16Cl2N4O3S/c20-13-2-1-12(7-14(13)21)22-17(26)9-25-5-3-15-16(8-25)29-19(23-15)24-18(27)11-4-6-28-10-11/h1-2,4,6-7,10H,3,5,8-9H2,(H,22,26)(H,23,24,27). The van der Waals surface area contributed by atoms with Crippen LogP contribution in [0.15, 0.2) is 41.2 Å². The molecule has 1 aromatic carbocycles. The van der Waals surface area contributed by atoms with E-state index in [0.717, 1.165) is 10.6 Å². The fourth-order valence-corrected chi connectivity index (χ4v) is 4.32. The van der Waals surface area contributed by atoms with Gasteiger partial charge in [0.05, 0.1) is 34.1 Å². The summed E-state index contributed by atoms with van der Waals surface area (Å²) in [6.45, 7) is 1.55. The molecule has 0 saturated heterocycles. The SMILES string of the molecule is O=C(CN1CCc2nc(NC(=O)c3ccoc3)sc2C1)Nc1ccc(Cl)c(Cl)c1. The van der Waals surface area contributed by atoms with Gasteiger partial charge in [0.15, 0.2) is 5.13 Å². The van der Waals surface area contributed by atoms with Crippen molar-refractivity contribution in [2.75, 3.05) is 23.7 Å². The van der Waals surface area contributed by atoms with Gasteiger partial charge in [-0.1, -0.05) is 23.2 Å². The third kappa shape index (κ3) is 4.79. The van der Waals surface area contributed by atoms with E-state index in [9.17, 15) is 9.59 Å². The van der Waals surface area contributed by atoms with Crippen LogP contribution in [0, 0.1) is 0 Å². The van der Waals surface area contributed by atoms with Crippen LogP contribution in [0.5, 0.6) is 0 Å². The van der Waals surface area contributed by atoms with Crippen molar-refractivity contribution in [3.05, 3.63) is 63.0 Å². The summed E-state index contributed by atoms with van der Waals surface area (Å²) in [5, 5.41) is 6.99. The zero-order valence-electron chi connectivity index (χ0n) is 15.1. The second kappa shape index (κ2) is 8.54. The minimum atomic E-state index is -0.261. The van der Waals surface area contributed by atoms with E-state index < -0.39 is 0 Å². The molecule has 3 heterocycles. The monoisotopic (exact) mass is 450 g/mol. The lowest BCUT2D eigenvalue weighted by Crippen LogP contribution is -2.36. The Morgan fingerprint density at radius 2 is 2.07 bits per heavy atom. The molecule has 10 heteroatoms. The zero-order chi connectivity index (χ0) is 20.4. The number of rotatable bonds is 5. The summed E-state index contributed by atoms with van der Waals surface area (Å²) in [6, 6.07) is 6.56. The highest BCUT2D eigenvalue weighted by atomic mass is 35.5. The summed E-state index contributed by atoms with van der Waals surface area (Å²) in [4.78, 5) is 32.1. The molecule has 2 N–H and O–H groups in total. The van der Waals surface area contributed by atoms with Gasteiger partial charge < -0.3 is 9.73 Å². The van der Waals surface area contributed by atoms with Gasteiger partial charge in [0.25, 0.3) is 5.91 Å². The minimum absolute atomic E-state index is 0.134. The first kappa shape index (κ1) is 19.9. The Kier molecular flexibility index (Phi) is 5.86. The van der Waals surface area contributed by atoms with Crippen LogP contribution < -0.4 is 10.6 Å². The Hall–Kier alpha value is -2.39. The molecular weight excluding hydrogens is 435 g/mol. The molecule has 0 radical (unpaired) electrons. The largest absolute Gasteiger partial charge is 0.472 e. The van der Waals surface area contributed by atoms with Crippen molar-refractivity contribution in [3.63, 3.8) is 0 Å². The summed E-state index contributed by atoms with van der Waals surface area (Å²) < 4.78 is 4.92. The molecule has 1 aliphatic rings. The van der Waals surface area contributed by atoms with Crippen LogP contribution in [0.25, 0.3) is 0 Å². The lowest BCUT2D eigenvalue weighted by Gasteiger charge is -2.25. The predicted octanol–water partition coefficient (Wildman–Crippen LogP) is 4.29. The van der Waals surface area contributed by atoms with E-state index in [2.05, 4.69) is 15.6 Å². The predicted molar refractivity (Wildman–Crippen MR) is 113 cm³/mol. The molecule has 0 aliphatic carbocycles. The summed E-state index contributed by atoms with van der Waals surface area (Å²) in [6.07, 6.45) is 3.55. The molecular formula is C19H16Cl2N4O3S. The number of aromatic nitrogens is 1. The van der Waals surface area contributed by atoms with Crippen LogP contribution in [0.2, 0.25) is 10.0 Å². The fraction of sp³-hybridized carbons (Fsp3) is 0.211. The highest BCUT2D eigenvalue weighted by Gasteiger charge is 2.23. The first-order valence-electron chi connectivity index (χ1n) is 8.77. The van der Waals surface area contributed by atoms with Crippen molar-refractivity contribution >= 4 is 57.2 Å². The normalized spacial score (nSPS) is 13.7. The maximum absolute atomic E-state index is 12.4. The van der Waals surface area contributed by atoms with Gasteiger partial charge in [-0.15, -0.1) is 11.3 Å². The summed E-state index contributed by atoms with van der Waals surface area (Å²) >= 11 is 13.3. The zero-order valence-corrected chi connectivity index (χ0v) is 17.4. The van der Waals surface area contributed by atoms with Gasteiger partial charge in [-0.05, 0) is 24.3 Å². The summed E-state index contributed by atoms with van der Waals surface area (Å²) in [5.74, 6) is -0.396. The Morgan fingerprint density at radius 1 is 1.21 bits per heavy atom. The van der Waals surface area contributed by atoms with Crippen LogP contribution in [0.3, 0.4) is 0 Å². The Labute approximate surface area is 180 Å². The van der Waals surface area contributed by atoms with Gasteiger partial charge in [-0.25, -0.2) is 4.98 Å². The molecule has 0 unspecified atom stereocenters. The number of hydrogen-bond donors (Lipinski definition) is 2. The first-order chi connectivity index (χ1) is 14.0. The number of anilines is 2. The number of furan rings is 1. The van der Waals surface area contributed by atoms with Gasteiger partial charge in [-0.2, -0.15) is 0 Å². The number of benzene rings is 1. The van der Waals surface area contributed by atoms with E-state index in [4.69, 9.17) is 27.6 Å². The highest BCUT2D eigenvalue weighted by molar-refractivity contribution is 7.15. The van der Waals surface area contributed by atoms with E-state index in [1.165, 1.54) is 23.9 Å². The average Bonchev–Trinajstić information content (AvgIpc) is 3.34. The first-order valence-corrected chi connectivity index (χ1v) is 10.3. The number of nitrogens with zero attached hydrogens (tertiary/aromatic N) is 2. The molecule has 0 atom stereocenters. The average molecular weight is 451 g/mol. The maximum atomic E-state index is 12.4. The van der Waals surface area contributed by atoms with Crippen LogP contribution in [-0.4, -0.2) is 34.8 Å². The number of carbonyl (C=O) groups excluding carboxylic acids is 2. The van der Waals surface area contributed by atoms with Crippen molar-refractivity contribution in [1.82, 2.24) is 9.88 Å². The minimum Gasteiger partial charge on any atom is -0.472 e. The third-order valence-corrected chi connectivity index (χ3v) is 6.12. The van der Waals surface area contributed by atoms with Gasteiger partial charge in [-0.3, -0.25) is 19.8 Å². The topological polar surface area (TPSA) is 87.5 Å². The van der Waals surface area contributed by atoms with E-state index in [1.807, 2.05) is 4.90 Å². The smallest absolute Gasteiger partial charge is 0.260 e. The second-order valence-corrected chi connectivity index (χ2v) is 8.39. The molecule has 29 heavy (non-hydrogen) atoms. The molecule has 0 bridgehead atoms. The van der Waals surface area contributed by atoms with E-state index >= 15 is 0 Å². The van der Waals surface area contributed by atoms with Crippen molar-refractivity contribution in [2.24, 2.45) is 0 Å². The molecule has 7 nitrogen and oxygen atoms in total. The Morgan fingerprint density at radius 3 is 2.83 bits per heavy atom. The van der Waals surface area contributed by atoms with Gasteiger partial charge in [0, 0.05) is 30.1 Å². The van der Waals surface area contributed by atoms with E-state index in [0.29, 0.717) is 45.9 Å². The number of amides is 2. The number of halogens is 2. The van der Waals surface area contributed by atoms with Crippen molar-refractivity contribution < 1.29 is 14.0 Å². The number of thiazole rings is 1. The van der Waals surface area contributed by atoms with Crippen molar-refractivity contribution in [1.29, 1.82) is 0 Å². The third-order valence-electron chi connectivity index (χ3n) is 4.38. The molecule has 2 aromatic heterocycles. The van der Waals surface area contributed by atoms with Gasteiger partial charge >= 0.3 is 0 Å². The van der Waals surface area contributed by atoms with Crippen molar-refractivity contribution in [2.45, 2.75) is 13.0 Å². The Bertz CT molecular complexity index is 1050. The summed E-state index contributed by atoms with van der Waals surface area (Å²) in [7, 11) is 0. The number of carbonyl (C=O) groups is 2. The summed E-state index contributed by atoms with van der Waals surface area (Å²) in [5.41, 5.74) is 2.00. The molecule has 150 valence electrons. The molecule has 3 aromatic rings. The lowest BCUT2D eigenvalue weighted by atomic mass is 10.2. The highest BCUT2D eigenvalue weighted by Crippen LogP contribution is 2.29. The van der Waals surface area contributed by atoms with E-state index in [-0.39, 0.29) is 18.4 Å². The molecule has 0 spiro atoms. The maximum Gasteiger partial charge on any atom is 0.260 e. The molecule has 0 saturated carbocycles. The lowest BCUT2D eigenvalue weighted by molar-refractivity contribution is -0.117. The Balaban J connectivity index is 1.34. The molecule has 4 rings (SSSR count). The van der Waals surface area contributed by atoms with Crippen molar-refractivity contribution in [3.8, 4) is 0 Å².